The van der Waals surface area contributed by atoms with Gasteiger partial charge >= 0.3 is 6.03 Å². The van der Waals surface area contributed by atoms with Gasteiger partial charge in [0, 0.05) is 19.1 Å². The smallest absolute Gasteiger partial charge is 0.315 e. The summed E-state index contributed by atoms with van der Waals surface area (Å²) in [7, 11) is -2.10. The van der Waals surface area contributed by atoms with Gasteiger partial charge < -0.3 is 20.4 Å². The molecule has 0 spiro atoms. The number of anilines is 1. The van der Waals surface area contributed by atoms with Crippen LogP contribution in [0.1, 0.15) is 56.1 Å². The van der Waals surface area contributed by atoms with E-state index in [4.69, 9.17) is 38.3 Å². The number of primary amides is 1. The van der Waals surface area contributed by atoms with Gasteiger partial charge in [-0.1, -0.05) is 50.0 Å². The van der Waals surface area contributed by atoms with Gasteiger partial charge in [-0.3, -0.25) is 0 Å². The summed E-state index contributed by atoms with van der Waals surface area (Å²) < 4.78 is 20.0. The Kier molecular flexibility index (Phi) is 8.91. The number of alkyl halides is 1. The Labute approximate surface area is 224 Å². The van der Waals surface area contributed by atoms with E-state index in [1.54, 1.807) is 17.9 Å². The van der Waals surface area contributed by atoms with Gasteiger partial charge in [-0.05, 0) is 54.7 Å². The van der Waals surface area contributed by atoms with Crippen molar-refractivity contribution in [2.45, 2.75) is 70.8 Å². The Morgan fingerprint density at radius 3 is 2.56 bits per heavy atom. The number of carbonyl (C=O) groups excluding carboxylic acids is 1. The lowest BCUT2D eigenvalue weighted by atomic mass is 9.90. The molecule has 2 amide bonds. The molecule has 0 bridgehead atoms. The second-order valence-corrected chi connectivity index (χ2v) is 16.5. The molecular weight excluding hydrogens is 520 g/mol. The molecule has 1 aliphatic heterocycles. The molecule has 2 aromatic rings. The van der Waals surface area contributed by atoms with Crippen molar-refractivity contribution < 1.29 is 13.6 Å². The summed E-state index contributed by atoms with van der Waals surface area (Å²) in [5.74, 6) is 0.0320. The van der Waals surface area contributed by atoms with E-state index in [1.807, 2.05) is 12.1 Å². The van der Waals surface area contributed by atoms with Crippen molar-refractivity contribution >= 4 is 43.5 Å². The molecule has 198 valence electrons. The fourth-order valence-electron chi connectivity index (χ4n) is 3.83. The summed E-state index contributed by atoms with van der Waals surface area (Å²) in [5, 5.41) is 3.96. The fourth-order valence-corrected chi connectivity index (χ4v) is 5.15. The first kappa shape index (κ1) is 28.6. The van der Waals surface area contributed by atoms with Gasteiger partial charge in [-0.15, -0.1) is 0 Å². The summed E-state index contributed by atoms with van der Waals surface area (Å²) in [6.07, 6.45) is 0.546. The van der Waals surface area contributed by atoms with Gasteiger partial charge in [-0.2, -0.15) is 0 Å². The van der Waals surface area contributed by atoms with E-state index in [1.165, 1.54) is 0 Å². The molecule has 36 heavy (non-hydrogen) atoms. The average Bonchev–Trinajstić information content (AvgIpc) is 2.79. The highest BCUT2D eigenvalue weighted by Gasteiger charge is 2.38. The highest BCUT2D eigenvalue weighted by atomic mass is 35.5. The number of aromatic nitrogens is 2. The number of hydrogen-bond donors (Lipinski definition) is 2. The summed E-state index contributed by atoms with van der Waals surface area (Å²) in [6, 6.07) is 4.56. The first-order chi connectivity index (χ1) is 16.7. The Morgan fingerprint density at radius 2 is 1.97 bits per heavy atom. The molecule has 2 heterocycles. The second-order valence-electron chi connectivity index (χ2n) is 10.9. The molecule has 3 N–H and O–H groups in total. The van der Waals surface area contributed by atoms with Crippen LogP contribution in [0.3, 0.4) is 0 Å². The molecule has 3 rings (SSSR count). The zero-order valence-corrected chi connectivity index (χ0v) is 24.3. The predicted molar refractivity (Wildman–Crippen MR) is 146 cm³/mol. The zero-order valence-electron chi connectivity index (χ0n) is 21.8. The van der Waals surface area contributed by atoms with Crippen molar-refractivity contribution in [2.75, 3.05) is 25.1 Å². The first-order valence-corrected chi connectivity index (χ1v) is 15.8. The highest BCUT2D eigenvalue weighted by Crippen LogP contribution is 2.39. The van der Waals surface area contributed by atoms with Crippen molar-refractivity contribution in [3.05, 3.63) is 50.8 Å². The fraction of sp³-hybridized carbons (Fsp3) is 0.560. The summed E-state index contributed by atoms with van der Waals surface area (Å²) in [4.78, 5) is 22.9. The zero-order chi connectivity index (χ0) is 26.8. The van der Waals surface area contributed by atoms with Gasteiger partial charge in [0.2, 0.25) is 5.95 Å². The quantitative estimate of drug-likeness (QED) is 0.381. The van der Waals surface area contributed by atoms with E-state index in [-0.39, 0.29) is 17.5 Å². The maximum absolute atomic E-state index is 13.3. The summed E-state index contributed by atoms with van der Waals surface area (Å²) in [5.41, 5.74) is 8.87. The predicted octanol–water partition coefficient (Wildman–Crippen LogP) is 6.14. The van der Waals surface area contributed by atoms with Crippen LogP contribution < -0.4 is 11.1 Å². The molecule has 0 saturated carbocycles. The number of nitrogens with two attached hydrogens (primary N) is 1. The van der Waals surface area contributed by atoms with Crippen LogP contribution >= 0.6 is 23.2 Å². The first-order valence-electron chi connectivity index (χ1n) is 12.1. The SMILES string of the molecule is CC(CF)Nc1nc2c(c([C@@H](CO[Si](C)(C)C(C)(C)C)c3ccc(Cl)c(Cl)c3)n1)CCN(C(N)=O)C2. The van der Waals surface area contributed by atoms with Crippen LogP contribution in [-0.4, -0.2) is 55.1 Å². The molecule has 0 aliphatic carbocycles. The topological polar surface area (TPSA) is 93.4 Å². The maximum atomic E-state index is 13.3. The van der Waals surface area contributed by atoms with Gasteiger partial charge in [-0.25, -0.2) is 19.2 Å². The number of amides is 2. The monoisotopic (exact) mass is 555 g/mol. The number of benzene rings is 1. The van der Waals surface area contributed by atoms with Crippen LogP contribution in [0, 0.1) is 0 Å². The van der Waals surface area contributed by atoms with Crippen LogP contribution in [0.15, 0.2) is 18.2 Å². The molecule has 1 aliphatic rings. The molecule has 1 aromatic heterocycles. The lowest BCUT2D eigenvalue weighted by molar-refractivity contribution is 0.200. The number of nitrogens with zero attached hydrogens (tertiary/aromatic N) is 3. The lowest BCUT2D eigenvalue weighted by Crippen LogP contribution is -2.42. The molecule has 1 unspecified atom stereocenters. The lowest BCUT2D eigenvalue weighted by Gasteiger charge is -2.38. The number of rotatable bonds is 8. The minimum atomic E-state index is -2.10. The normalized spacial score (nSPS) is 15.9. The van der Waals surface area contributed by atoms with E-state index >= 15 is 0 Å². The number of urea groups is 1. The van der Waals surface area contributed by atoms with Crippen LogP contribution in [0.25, 0.3) is 0 Å². The van der Waals surface area contributed by atoms with Gasteiger partial charge in [0.25, 0.3) is 0 Å². The number of halogens is 3. The molecule has 11 heteroatoms. The highest BCUT2D eigenvalue weighted by molar-refractivity contribution is 6.74. The average molecular weight is 557 g/mol. The van der Waals surface area contributed by atoms with Crippen molar-refractivity contribution in [1.29, 1.82) is 0 Å². The Morgan fingerprint density at radius 1 is 1.28 bits per heavy atom. The molecule has 0 fully saturated rings. The third-order valence-corrected chi connectivity index (χ3v) is 12.3. The molecule has 7 nitrogen and oxygen atoms in total. The van der Waals surface area contributed by atoms with Gasteiger partial charge in [0.15, 0.2) is 8.32 Å². The Hall–Kier alpha value is -1.94. The molecule has 0 saturated heterocycles. The molecular formula is C25H36Cl2FN5O2Si. The van der Waals surface area contributed by atoms with Crippen molar-refractivity contribution in [1.82, 2.24) is 14.9 Å². The molecule has 1 aromatic carbocycles. The maximum Gasteiger partial charge on any atom is 0.315 e. The summed E-state index contributed by atoms with van der Waals surface area (Å²) in [6.45, 7) is 13.2. The standard InChI is InChI=1S/C25H36Cl2FN5O2Si/c1-15(12-28)30-24-31-21-13-33(23(29)34)10-9-17(21)22(32-24)18(14-35-36(5,6)25(2,3)4)16-7-8-19(26)20(27)11-16/h7-8,11,15,18H,9-10,12-14H2,1-6H3,(H2,29,34)(H,30,31,32)/t15?,18-/m0/s1. The minimum Gasteiger partial charge on any atom is -0.416 e. The van der Waals surface area contributed by atoms with Gasteiger partial charge in [0.05, 0.1) is 34.0 Å². The number of fused-ring (bicyclic) bond motifs is 1. The third-order valence-electron chi connectivity index (χ3n) is 7.11. The van der Waals surface area contributed by atoms with Crippen molar-refractivity contribution in [3.8, 4) is 0 Å². The summed E-state index contributed by atoms with van der Waals surface area (Å²) >= 11 is 12.6. The minimum absolute atomic E-state index is 0.0194. The van der Waals surface area contributed by atoms with Gasteiger partial charge in [0.1, 0.15) is 6.67 Å². The van der Waals surface area contributed by atoms with Crippen molar-refractivity contribution in [2.24, 2.45) is 5.73 Å². The number of hydrogen-bond acceptors (Lipinski definition) is 5. The van der Waals surface area contributed by atoms with E-state index in [0.29, 0.717) is 41.3 Å². The third kappa shape index (κ3) is 6.48. The second kappa shape index (κ2) is 11.2. The number of carbonyl (C=O) groups is 1. The van der Waals surface area contributed by atoms with E-state index in [0.717, 1.165) is 16.8 Å². The van der Waals surface area contributed by atoms with Crippen LogP contribution in [0.5, 0.6) is 0 Å². The van der Waals surface area contributed by atoms with Crippen LogP contribution in [0.2, 0.25) is 28.2 Å². The van der Waals surface area contributed by atoms with E-state index in [9.17, 15) is 9.18 Å². The molecule has 2 atom stereocenters. The van der Waals surface area contributed by atoms with E-state index < -0.39 is 27.1 Å². The number of nitrogens with one attached hydrogen (secondary N) is 1. The largest absolute Gasteiger partial charge is 0.416 e. The molecule has 0 radical (unpaired) electrons. The van der Waals surface area contributed by atoms with E-state index in [2.05, 4.69) is 44.2 Å². The van der Waals surface area contributed by atoms with Crippen molar-refractivity contribution in [3.63, 3.8) is 0 Å². The van der Waals surface area contributed by atoms with Crippen LogP contribution in [0.4, 0.5) is 15.1 Å². The Balaban J connectivity index is 2.15. The van der Waals surface area contributed by atoms with Crippen LogP contribution in [-0.2, 0) is 17.4 Å². The Bertz CT molecular complexity index is 1110.